The molecule has 0 saturated heterocycles. The van der Waals surface area contributed by atoms with Gasteiger partial charge in [0.15, 0.2) is 0 Å². The van der Waals surface area contributed by atoms with Crippen molar-refractivity contribution < 1.29 is 4.79 Å². The Morgan fingerprint density at radius 3 is 2.94 bits per heavy atom. The maximum atomic E-state index is 11.9. The van der Waals surface area contributed by atoms with Crippen LogP contribution < -0.4 is 10.9 Å². The number of carbonyl (C=O) groups excluding carboxylic acids is 1. The lowest BCUT2D eigenvalue weighted by atomic mass is 10.3. The van der Waals surface area contributed by atoms with Gasteiger partial charge in [0, 0.05) is 31.5 Å². The van der Waals surface area contributed by atoms with Crippen molar-refractivity contribution in [2.75, 3.05) is 6.54 Å². The third-order valence-corrected chi connectivity index (χ3v) is 3.08. The highest BCUT2D eigenvalue weighted by atomic mass is 35.5. The molecule has 1 aromatic heterocycles. The molecule has 0 aromatic carbocycles. The van der Waals surface area contributed by atoms with E-state index in [1.807, 2.05) is 6.92 Å². The molecule has 0 spiro atoms. The quantitative estimate of drug-likeness (QED) is 0.820. The van der Waals surface area contributed by atoms with Gasteiger partial charge in [-0.1, -0.05) is 11.6 Å². The van der Waals surface area contributed by atoms with Crippen LogP contribution in [-0.4, -0.2) is 22.0 Å². The first kappa shape index (κ1) is 13.1. The Morgan fingerprint density at radius 1 is 1.61 bits per heavy atom. The lowest BCUT2D eigenvalue weighted by molar-refractivity contribution is -0.121. The monoisotopic (exact) mass is 269 g/mol. The fraction of sp³-hybridized carbons (Fsp3) is 0.583. The summed E-state index contributed by atoms with van der Waals surface area (Å²) in [5.41, 5.74) is -0.179. The average molecular weight is 270 g/mol. The van der Waals surface area contributed by atoms with Crippen molar-refractivity contribution in [3.63, 3.8) is 0 Å². The van der Waals surface area contributed by atoms with E-state index in [0.29, 0.717) is 19.0 Å². The minimum absolute atomic E-state index is 0.0545. The van der Waals surface area contributed by atoms with Crippen molar-refractivity contribution in [2.45, 2.75) is 38.6 Å². The summed E-state index contributed by atoms with van der Waals surface area (Å²) >= 11 is 5.80. The zero-order chi connectivity index (χ0) is 13.1. The number of rotatable bonds is 5. The maximum absolute atomic E-state index is 11.9. The number of nitrogens with one attached hydrogen (secondary N) is 1. The van der Waals surface area contributed by atoms with Gasteiger partial charge in [-0.3, -0.25) is 14.2 Å². The smallest absolute Gasteiger partial charge is 0.255 e. The van der Waals surface area contributed by atoms with Gasteiger partial charge in [0.25, 0.3) is 5.56 Å². The zero-order valence-corrected chi connectivity index (χ0v) is 11.0. The van der Waals surface area contributed by atoms with Crippen LogP contribution in [0.4, 0.5) is 0 Å². The molecule has 0 aliphatic heterocycles. The Bertz CT molecular complexity index is 509. The normalized spacial score (nSPS) is 14.6. The second-order valence-electron chi connectivity index (χ2n) is 4.40. The van der Waals surface area contributed by atoms with Crippen LogP contribution >= 0.6 is 11.6 Å². The average Bonchev–Trinajstić information content (AvgIpc) is 3.11. The van der Waals surface area contributed by atoms with Crippen LogP contribution in [0.5, 0.6) is 0 Å². The highest BCUT2D eigenvalue weighted by Gasteiger charge is 2.28. The van der Waals surface area contributed by atoms with Crippen molar-refractivity contribution in [1.29, 1.82) is 0 Å². The molecule has 1 N–H and O–H groups in total. The predicted octanol–water partition coefficient (Wildman–Crippen LogP) is 1.30. The minimum Gasteiger partial charge on any atom is -0.356 e. The highest BCUT2D eigenvalue weighted by Crippen LogP contribution is 2.38. The Hall–Kier alpha value is -1.36. The molecule has 1 aliphatic carbocycles. The van der Waals surface area contributed by atoms with Crippen LogP contribution in [0.15, 0.2) is 10.9 Å². The van der Waals surface area contributed by atoms with E-state index in [1.54, 1.807) is 4.57 Å². The molecule has 0 unspecified atom stereocenters. The van der Waals surface area contributed by atoms with E-state index in [1.165, 1.54) is 6.07 Å². The highest BCUT2D eigenvalue weighted by molar-refractivity contribution is 6.29. The van der Waals surface area contributed by atoms with Gasteiger partial charge in [-0.2, -0.15) is 0 Å². The number of hydrogen-bond acceptors (Lipinski definition) is 3. The van der Waals surface area contributed by atoms with Crippen LogP contribution in [0.1, 0.15) is 37.9 Å². The first-order chi connectivity index (χ1) is 8.61. The molecule has 2 rings (SSSR count). The molecule has 6 heteroatoms. The number of carbonyl (C=O) groups is 1. The van der Waals surface area contributed by atoms with E-state index in [2.05, 4.69) is 10.3 Å². The first-order valence-corrected chi connectivity index (χ1v) is 6.53. The van der Waals surface area contributed by atoms with Crippen LogP contribution in [0, 0.1) is 0 Å². The topological polar surface area (TPSA) is 64.0 Å². The number of nitrogens with zero attached hydrogens (tertiary/aromatic N) is 2. The minimum atomic E-state index is -0.179. The summed E-state index contributed by atoms with van der Waals surface area (Å²) in [6.45, 7) is 2.83. The molecule has 1 amide bonds. The van der Waals surface area contributed by atoms with Crippen LogP contribution in [-0.2, 0) is 11.3 Å². The van der Waals surface area contributed by atoms with Gasteiger partial charge in [0.2, 0.25) is 5.91 Å². The van der Waals surface area contributed by atoms with Crippen molar-refractivity contribution in [1.82, 2.24) is 14.9 Å². The van der Waals surface area contributed by atoms with Gasteiger partial charge in [-0.15, -0.1) is 0 Å². The van der Waals surface area contributed by atoms with Crippen LogP contribution in [0.3, 0.4) is 0 Å². The summed E-state index contributed by atoms with van der Waals surface area (Å²) in [7, 11) is 0. The molecular formula is C12H16ClN3O2. The molecule has 18 heavy (non-hydrogen) atoms. The van der Waals surface area contributed by atoms with Gasteiger partial charge in [-0.05, 0) is 19.8 Å². The van der Waals surface area contributed by atoms with E-state index in [4.69, 9.17) is 11.6 Å². The number of hydrogen-bond donors (Lipinski definition) is 1. The van der Waals surface area contributed by atoms with Gasteiger partial charge in [0.1, 0.15) is 11.0 Å². The Kier molecular flexibility index (Phi) is 4.01. The molecule has 1 aliphatic rings. The van der Waals surface area contributed by atoms with Gasteiger partial charge < -0.3 is 5.32 Å². The second-order valence-corrected chi connectivity index (χ2v) is 4.79. The van der Waals surface area contributed by atoms with Crippen LogP contribution in [0.25, 0.3) is 0 Å². The number of aromatic nitrogens is 2. The van der Waals surface area contributed by atoms with E-state index < -0.39 is 0 Å². The number of halogens is 1. The lowest BCUT2D eigenvalue weighted by Crippen LogP contribution is -2.29. The van der Waals surface area contributed by atoms with Crippen molar-refractivity contribution in [3.05, 3.63) is 27.4 Å². The Morgan fingerprint density at radius 2 is 2.33 bits per heavy atom. The van der Waals surface area contributed by atoms with Gasteiger partial charge in [-0.25, -0.2) is 4.98 Å². The van der Waals surface area contributed by atoms with Crippen molar-refractivity contribution in [2.24, 2.45) is 0 Å². The maximum Gasteiger partial charge on any atom is 0.255 e. The molecule has 98 valence electrons. The summed E-state index contributed by atoms with van der Waals surface area (Å²) in [6, 6.07) is 1.30. The molecule has 1 saturated carbocycles. The van der Waals surface area contributed by atoms with E-state index in [-0.39, 0.29) is 23.0 Å². The third-order valence-electron chi connectivity index (χ3n) is 2.89. The fourth-order valence-electron chi connectivity index (χ4n) is 1.87. The molecule has 0 atom stereocenters. The predicted molar refractivity (Wildman–Crippen MR) is 68.8 cm³/mol. The largest absolute Gasteiger partial charge is 0.356 e. The molecule has 0 radical (unpaired) electrons. The van der Waals surface area contributed by atoms with E-state index in [9.17, 15) is 9.59 Å². The fourth-order valence-corrected chi connectivity index (χ4v) is 2.05. The second kappa shape index (κ2) is 5.52. The summed E-state index contributed by atoms with van der Waals surface area (Å²) in [5.74, 6) is 0.989. The van der Waals surface area contributed by atoms with Gasteiger partial charge >= 0.3 is 0 Å². The standard InChI is InChI=1S/C12H16ClN3O2/c1-2-14-10(17)5-6-16-11(18)7-9(13)15-12(16)8-3-4-8/h7-8H,2-6H2,1H3,(H,14,17). The molecule has 0 bridgehead atoms. The van der Waals surface area contributed by atoms with Crippen LogP contribution in [0.2, 0.25) is 5.15 Å². The lowest BCUT2D eigenvalue weighted by Gasteiger charge is -2.11. The third kappa shape index (κ3) is 3.10. The first-order valence-electron chi connectivity index (χ1n) is 6.15. The Balaban J connectivity index is 2.16. The van der Waals surface area contributed by atoms with Gasteiger partial charge in [0.05, 0.1) is 0 Å². The SMILES string of the molecule is CCNC(=O)CCn1c(C2CC2)nc(Cl)cc1=O. The van der Waals surface area contributed by atoms with E-state index >= 15 is 0 Å². The van der Waals surface area contributed by atoms with Crippen molar-refractivity contribution in [3.8, 4) is 0 Å². The van der Waals surface area contributed by atoms with Crippen molar-refractivity contribution >= 4 is 17.5 Å². The Labute approximate surface area is 110 Å². The molecule has 1 aromatic rings. The molecule has 5 nitrogen and oxygen atoms in total. The summed E-state index contributed by atoms with van der Waals surface area (Å²) in [4.78, 5) is 27.5. The molecule has 1 fully saturated rings. The summed E-state index contributed by atoms with van der Waals surface area (Å²) in [6.07, 6.45) is 2.36. The van der Waals surface area contributed by atoms with E-state index in [0.717, 1.165) is 18.7 Å². The summed E-state index contributed by atoms with van der Waals surface area (Å²) in [5, 5.41) is 2.94. The summed E-state index contributed by atoms with van der Waals surface area (Å²) < 4.78 is 1.57. The number of amides is 1. The zero-order valence-electron chi connectivity index (χ0n) is 10.3. The molecular weight excluding hydrogens is 254 g/mol. The molecule has 1 heterocycles.